The molecule has 8 heteroatoms. The van der Waals surface area contributed by atoms with Gasteiger partial charge in [-0.05, 0) is 50.7 Å². The number of rotatable bonds is 11. The Morgan fingerprint density at radius 1 is 1.21 bits per heavy atom. The van der Waals surface area contributed by atoms with Crippen molar-refractivity contribution in [3.63, 3.8) is 0 Å². The van der Waals surface area contributed by atoms with Crippen LogP contribution in [-0.2, 0) is 14.3 Å². The van der Waals surface area contributed by atoms with Gasteiger partial charge in [0.05, 0.1) is 12.0 Å². The predicted octanol–water partition coefficient (Wildman–Crippen LogP) is 3.56. The number of ether oxygens (including phenoxy) is 2. The molecular formula is C21H28N2O4S2. The minimum Gasteiger partial charge on any atom is -0.497 e. The van der Waals surface area contributed by atoms with Crippen molar-refractivity contribution in [2.75, 3.05) is 40.9 Å². The van der Waals surface area contributed by atoms with Gasteiger partial charge in [0.25, 0.3) is 5.91 Å². The number of unbranched alkanes of at least 4 members (excludes halogenated alkanes) is 2. The number of methoxy groups -OCH3 is 1. The Bertz CT molecular complexity index is 748. The lowest BCUT2D eigenvalue weighted by Gasteiger charge is -2.14. The van der Waals surface area contributed by atoms with Gasteiger partial charge in [0, 0.05) is 19.5 Å². The summed E-state index contributed by atoms with van der Waals surface area (Å²) in [6.45, 7) is 1.72. The Morgan fingerprint density at radius 3 is 2.59 bits per heavy atom. The van der Waals surface area contributed by atoms with E-state index < -0.39 is 0 Å². The van der Waals surface area contributed by atoms with E-state index in [1.165, 1.54) is 11.8 Å². The molecule has 0 saturated carbocycles. The monoisotopic (exact) mass is 436 g/mol. The fraction of sp³-hybridized carbons (Fsp3) is 0.476. The molecule has 0 unspecified atom stereocenters. The van der Waals surface area contributed by atoms with Gasteiger partial charge in [-0.3, -0.25) is 14.5 Å². The third-order valence-electron chi connectivity index (χ3n) is 4.35. The Labute approximate surface area is 182 Å². The van der Waals surface area contributed by atoms with Crippen LogP contribution in [0.15, 0.2) is 29.2 Å². The van der Waals surface area contributed by atoms with Crippen molar-refractivity contribution in [3.8, 4) is 5.75 Å². The van der Waals surface area contributed by atoms with Gasteiger partial charge in [0.1, 0.15) is 16.7 Å². The maximum absolute atomic E-state index is 12.6. The third-order valence-corrected chi connectivity index (χ3v) is 5.73. The van der Waals surface area contributed by atoms with Crippen LogP contribution in [0.5, 0.6) is 5.75 Å². The van der Waals surface area contributed by atoms with Crippen LogP contribution in [0.3, 0.4) is 0 Å². The SMILES string of the molecule is COc1ccc(C=C2SC(=S)N(CCCCCC(=O)OCCN(C)C)C2=O)cc1. The van der Waals surface area contributed by atoms with Crippen molar-refractivity contribution in [2.45, 2.75) is 25.7 Å². The van der Waals surface area contributed by atoms with Crippen LogP contribution < -0.4 is 4.74 Å². The predicted molar refractivity (Wildman–Crippen MR) is 121 cm³/mol. The summed E-state index contributed by atoms with van der Waals surface area (Å²) in [5.41, 5.74) is 0.930. The number of esters is 1. The fourth-order valence-corrected chi connectivity index (χ4v) is 3.98. The Balaban J connectivity index is 1.73. The highest BCUT2D eigenvalue weighted by Crippen LogP contribution is 2.33. The molecule has 0 aliphatic carbocycles. The molecule has 6 nitrogen and oxygen atoms in total. The zero-order valence-electron chi connectivity index (χ0n) is 17.2. The van der Waals surface area contributed by atoms with Gasteiger partial charge in [-0.1, -0.05) is 42.5 Å². The van der Waals surface area contributed by atoms with E-state index in [4.69, 9.17) is 21.7 Å². The molecule has 0 bridgehead atoms. The van der Waals surface area contributed by atoms with Gasteiger partial charge in [-0.25, -0.2) is 0 Å². The molecule has 0 N–H and O–H groups in total. The molecular weight excluding hydrogens is 408 g/mol. The molecule has 1 amide bonds. The number of thiocarbonyl (C=S) groups is 1. The van der Waals surface area contributed by atoms with E-state index in [2.05, 4.69) is 0 Å². The molecule has 1 aromatic carbocycles. The standard InChI is InChI=1S/C21H28N2O4S2/c1-22(2)13-14-27-19(24)7-5-4-6-12-23-20(25)18(29-21(23)28)15-16-8-10-17(26-3)11-9-16/h8-11,15H,4-7,12-14H2,1-3H3. The molecule has 29 heavy (non-hydrogen) atoms. The molecule has 1 aliphatic rings. The van der Waals surface area contributed by atoms with Crippen molar-refractivity contribution in [1.82, 2.24) is 9.80 Å². The first kappa shape index (κ1) is 23.4. The molecule has 2 rings (SSSR count). The van der Waals surface area contributed by atoms with E-state index in [-0.39, 0.29) is 11.9 Å². The average molecular weight is 437 g/mol. The zero-order chi connectivity index (χ0) is 21.2. The summed E-state index contributed by atoms with van der Waals surface area (Å²) in [6, 6.07) is 7.53. The van der Waals surface area contributed by atoms with Crippen LogP contribution in [0.25, 0.3) is 6.08 Å². The second kappa shape index (κ2) is 11.9. The summed E-state index contributed by atoms with van der Waals surface area (Å²) in [6.07, 6.45) is 4.65. The first-order valence-corrected chi connectivity index (χ1v) is 10.8. The smallest absolute Gasteiger partial charge is 0.305 e. The Morgan fingerprint density at radius 2 is 1.93 bits per heavy atom. The zero-order valence-corrected chi connectivity index (χ0v) is 18.8. The topological polar surface area (TPSA) is 59.1 Å². The third kappa shape index (κ3) is 7.79. The first-order valence-electron chi connectivity index (χ1n) is 9.60. The summed E-state index contributed by atoms with van der Waals surface area (Å²) >= 11 is 6.69. The number of hydrogen-bond acceptors (Lipinski definition) is 7. The minimum atomic E-state index is -0.167. The van der Waals surface area contributed by atoms with Crippen LogP contribution in [0.4, 0.5) is 0 Å². The lowest BCUT2D eigenvalue weighted by Crippen LogP contribution is -2.29. The molecule has 1 aliphatic heterocycles. The normalized spacial score (nSPS) is 15.4. The van der Waals surface area contributed by atoms with Crippen LogP contribution in [0.1, 0.15) is 31.2 Å². The van der Waals surface area contributed by atoms with Crippen LogP contribution in [-0.4, -0.2) is 66.9 Å². The van der Waals surface area contributed by atoms with E-state index in [9.17, 15) is 9.59 Å². The highest BCUT2D eigenvalue weighted by atomic mass is 32.2. The summed E-state index contributed by atoms with van der Waals surface area (Å²) in [5, 5.41) is 0. The number of carbonyl (C=O) groups is 2. The van der Waals surface area contributed by atoms with Crippen molar-refractivity contribution in [3.05, 3.63) is 34.7 Å². The van der Waals surface area contributed by atoms with Gasteiger partial charge < -0.3 is 14.4 Å². The molecule has 0 radical (unpaired) electrons. The van der Waals surface area contributed by atoms with Gasteiger partial charge in [0.2, 0.25) is 0 Å². The number of thioether (sulfide) groups is 1. The van der Waals surface area contributed by atoms with E-state index in [0.29, 0.717) is 28.8 Å². The summed E-state index contributed by atoms with van der Waals surface area (Å²) in [4.78, 5) is 28.5. The molecule has 1 saturated heterocycles. The first-order chi connectivity index (χ1) is 13.9. The Hall–Kier alpha value is -1.90. The van der Waals surface area contributed by atoms with Crippen LogP contribution in [0, 0.1) is 0 Å². The molecule has 0 atom stereocenters. The molecule has 0 spiro atoms. The number of carbonyl (C=O) groups excluding carboxylic acids is 2. The second-order valence-electron chi connectivity index (χ2n) is 6.94. The lowest BCUT2D eigenvalue weighted by molar-refractivity contribution is -0.144. The molecule has 1 heterocycles. The quantitative estimate of drug-likeness (QED) is 0.227. The second-order valence-corrected chi connectivity index (χ2v) is 8.62. The van der Waals surface area contributed by atoms with Crippen molar-refractivity contribution in [2.24, 2.45) is 0 Å². The minimum absolute atomic E-state index is 0.0566. The van der Waals surface area contributed by atoms with Crippen molar-refractivity contribution >= 4 is 46.3 Å². The maximum atomic E-state index is 12.6. The molecule has 158 valence electrons. The number of benzene rings is 1. The summed E-state index contributed by atoms with van der Waals surface area (Å²) in [7, 11) is 5.50. The number of amides is 1. The average Bonchev–Trinajstić information content (AvgIpc) is 2.95. The maximum Gasteiger partial charge on any atom is 0.305 e. The highest BCUT2D eigenvalue weighted by Gasteiger charge is 2.31. The van der Waals surface area contributed by atoms with Gasteiger partial charge in [-0.2, -0.15) is 0 Å². The van der Waals surface area contributed by atoms with E-state index in [1.54, 1.807) is 12.0 Å². The number of nitrogens with zero attached hydrogens (tertiary/aromatic N) is 2. The van der Waals surface area contributed by atoms with Crippen molar-refractivity contribution in [1.29, 1.82) is 0 Å². The van der Waals surface area contributed by atoms with Crippen LogP contribution in [0.2, 0.25) is 0 Å². The van der Waals surface area contributed by atoms with Gasteiger partial charge in [-0.15, -0.1) is 0 Å². The van der Waals surface area contributed by atoms with Crippen LogP contribution >= 0.6 is 24.0 Å². The lowest BCUT2D eigenvalue weighted by atomic mass is 10.2. The van der Waals surface area contributed by atoms with Gasteiger partial charge >= 0.3 is 5.97 Å². The largest absolute Gasteiger partial charge is 0.497 e. The van der Waals surface area contributed by atoms with E-state index in [1.807, 2.05) is 49.3 Å². The van der Waals surface area contributed by atoms with Gasteiger partial charge in [0.15, 0.2) is 0 Å². The number of hydrogen-bond donors (Lipinski definition) is 0. The number of likely N-dealkylation sites (N-methyl/N-ethyl adjacent to an activating group) is 1. The summed E-state index contributed by atoms with van der Waals surface area (Å²) < 4.78 is 10.9. The Kier molecular flexibility index (Phi) is 9.63. The van der Waals surface area contributed by atoms with E-state index in [0.717, 1.165) is 37.1 Å². The van der Waals surface area contributed by atoms with Crippen molar-refractivity contribution < 1.29 is 19.1 Å². The highest BCUT2D eigenvalue weighted by molar-refractivity contribution is 8.26. The van der Waals surface area contributed by atoms with E-state index >= 15 is 0 Å². The molecule has 1 aromatic rings. The molecule has 0 aromatic heterocycles. The summed E-state index contributed by atoms with van der Waals surface area (Å²) in [5.74, 6) is 0.551. The fourth-order valence-electron chi connectivity index (χ4n) is 2.67. The molecule has 1 fully saturated rings.